The summed E-state index contributed by atoms with van der Waals surface area (Å²) in [5, 5.41) is 9.70. The first-order valence-corrected chi connectivity index (χ1v) is 12.4. The summed E-state index contributed by atoms with van der Waals surface area (Å²) in [6.45, 7) is 3.66. The lowest BCUT2D eigenvalue weighted by atomic mass is 9.95. The molecule has 4 rings (SSSR count). The first-order chi connectivity index (χ1) is 15.0. The number of hydrogen-bond donors (Lipinski definition) is 1. The van der Waals surface area contributed by atoms with Crippen LogP contribution < -0.4 is 10.2 Å². The molecule has 2 aliphatic rings. The minimum Gasteiger partial charge on any atom is -0.378 e. The third kappa shape index (κ3) is 4.59. The van der Waals surface area contributed by atoms with E-state index in [9.17, 15) is 13.2 Å². The molecule has 0 spiro atoms. The van der Waals surface area contributed by atoms with E-state index in [2.05, 4.69) is 15.5 Å². The molecule has 2 aromatic rings. The normalized spacial score (nSPS) is 19.2. The number of anilines is 1. The highest BCUT2D eigenvalue weighted by atomic mass is 32.2. The van der Waals surface area contributed by atoms with Crippen LogP contribution in [0.15, 0.2) is 35.5 Å². The number of carbonyl (C=O) groups excluding carboxylic acids is 1. The van der Waals surface area contributed by atoms with Gasteiger partial charge in [-0.3, -0.25) is 9.36 Å². The molecule has 0 unspecified atom stereocenters. The molecule has 31 heavy (non-hydrogen) atoms. The minimum atomic E-state index is -4.07. The van der Waals surface area contributed by atoms with E-state index >= 15 is 0 Å². The Morgan fingerprint density at radius 2 is 1.77 bits per heavy atom. The van der Waals surface area contributed by atoms with Crippen molar-refractivity contribution in [3.63, 3.8) is 0 Å². The molecule has 1 aromatic carbocycles. The minimum absolute atomic E-state index is 0.0369. The number of benzene rings is 1. The van der Waals surface area contributed by atoms with Crippen molar-refractivity contribution in [1.29, 1.82) is 0 Å². The van der Waals surface area contributed by atoms with Crippen LogP contribution in [0.3, 0.4) is 0 Å². The van der Waals surface area contributed by atoms with Gasteiger partial charge in [-0.05, 0) is 31.9 Å². The molecule has 1 amide bonds. The van der Waals surface area contributed by atoms with Crippen LogP contribution in [-0.2, 0) is 19.4 Å². The van der Waals surface area contributed by atoms with Gasteiger partial charge in [0.2, 0.25) is 21.7 Å². The molecule has 10 heteroatoms. The van der Waals surface area contributed by atoms with Crippen molar-refractivity contribution in [3.05, 3.63) is 30.3 Å². The fourth-order valence-electron chi connectivity index (χ4n) is 4.08. The predicted molar refractivity (Wildman–Crippen MR) is 116 cm³/mol. The van der Waals surface area contributed by atoms with Crippen molar-refractivity contribution in [2.75, 3.05) is 31.2 Å². The van der Waals surface area contributed by atoms with Crippen LogP contribution in [0, 0.1) is 0 Å². The van der Waals surface area contributed by atoms with Gasteiger partial charge in [-0.2, -0.15) is 0 Å². The van der Waals surface area contributed by atoms with Gasteiger partial charge >= 0.3 is 0 Å². The summed E-state index contributed by atoms with van der Waals surface area (Å²) >= 11 is 0. The number of carbonyl (C=O) groups is 1. The summed E-state index contributed by atoms with van der Waals surface area (Å²) in [6.07, 6.45) is 5.04. The summed E-state index contributed by atoms with van der Waals surface area (Å²) in [7, 11) is -4.07. The standard InChI is InChI=1S/C21H29N5O4S/c1-16(19(27)22-17-8-4-2-5-9-17)31(28,29)21-24-23-20(25-12-14-30-15-13-25)26(21)18-10-6-3-7-11-18/h3,6-7,10-11,16-17H,2,4-5,8-9,12-15H2,1H3,(H,22,27)/t16-/m0/s1. The van der Waals surface area contributed by atoms with Gasteiger partial charge in [-0.15, -0.1) is 10.2 Å². The Morgan fingerprint density at radius 3 is 2.45 bits per heavy atom. The van der Waals surface area contributed by atoms with Crippen LogP contribution in [0.4, 0.5) is 5.95 Å². The quantitative estimate of drug-likeness (QED) is 0.718. The smallest absolute Gasteiger partial charge is 0.256 e. The third-order valence-electron chi connectivity index (χ3n) is 5.97. The molecular formula is C21H29N5O4S. The van der Waals surface area contributed by atoms with Gasteiger partial charge in [-0.1, -0.05) is 37.5 Å². The number of morpholine rings is 1. The molecule has 1 saturated carbocycles. The molecule has 2 fully saturated rings. The highest BCUT2D eigenvalue weighted by Crippen LogP contribution is 2.26. The van der Waals surface area contributed by atoms with Gasteiger partial charge in [-0.25, -0.2) is 8.42 Å². The van der Waals surface area contributed by atoms with Crippen molar-refractivity contribution in [2.24, 2.45) is 0 Å². The van der Waals surface area contributed by atoms with Crippen LogP contribution in [0.5, 0.6) is 0 Å². The molecule has 2 heterocycles. The van der Waals surface area contributed by atoms with E-state index in [0.29, 0.717) is 37.9 Å². The number of amides is 1. The molecule has 1 aliphatic carbocycles. The maximum atomic E-state index is 13.5. The molecule has 168 valence electrons. The first-order valence-electron chi connectivity index (χ1n) is 10.9. The lowest BCUT2D eigenvalue weighted by Gasteiger charge is -2.28. The fourth-order valence-corrected chi connectivity index (χ4v) is 5.34. The van der Waals surface area contributed by atoms with E-state index in [1.54, 1.807) is 12.1 Å². The summed E-state index contributed by atoms with van der Waals surface area (Å²) in [5.74, 6) is -0.0459. The van der Waals surface area contributed by atoms with Crippen LogP contribution >= 0.6 is 0 Å². The molecule has 0 radical (unpaired) electrons. The molecule has 1 aliphatic heterocycles. The number of nitrogens with zero attached hydrogens (tertiary/aromatic N) is 4. The predicted octanol–water partition coefficient (Wildman–Crippen LogP) is 1.72. The average Bonchev–Trinajstić information content (AvgIpc) is 3.26. The molecular weight excluding hydrogens is 418 g/mol. The van der Waals surface area contributed by atoms with Crippen molar-refractivity contribution in [1.82, 2.24) is 20.1 Å². The van der Waals surface area contributed by atoms with Crippen LogP contribution in [0.25, 0.3) is 5.69 Å². The van der Waals surface area contributed by atoms with E-state index in [-0.39, 0.29) is 11.2 Å². The van der Waals surface area contributed by atoms with Gasteiger partial charge in [0.25, 0.3) is 5.16 Å². The largest absolute Gasteiger partial charge is 0.378 e. The number of rotatable bonds is 6. The topological polar surface area (TPSA) is 106 Å². The van der Waals surface area contributed by atoms with E-state index in [1.807, 2.05) is 23.1 Å². The van der Waals surface area contributed by atoms with Crippen LogP contribution in [0.1, 0.15) is 39.0 Å². The molecule has 1 atom stereocenters. The summed E-state index contributed by atoms with van der Waals surface area (Å²) in [6, 6.07) is 9.16. The molecule has 1 aromatic heterocycles. The van der Waals surface area contributed by atoms with Crippen molar-refractivity contribution in [2.45, 2.75) is 55.5 Å². The summed E-state index contributed by atoms with van der Waals surface area (Å²) in [4.78, 5) is 14.8. The Bertz CT molecular complexity index is 996. The van der Waals surface area contributed by atoms with Crippen LogP contribution in [-0.4, -0.2) is 66.7 Å². The van der Waals surface area contributed by atoms with E-state index in [1.165, 1.54) is 11.5 Å². The van der Waals surface area contributed by atoms with Crippen molar-refractivity contribution in [3.8, 4) is 5.69 Å². The Kier molecular flexibility index (Phi) is 6.57. The molecule has 0 bridgehead atoms. The van der Waals surface area contributed by atoms with Gasteiger partial charge < -0.3 is 15.0 Å². The lowest BCUT2D eigenvalue weighted by Crippen LogP contribution is -2.44. The number of ether oxygens (including phenoxy) is 1. The monoisotopic (exact) mass is 447 g/mol. The third-order valence-corrected chi connectivity index (χ3v) is 7.88. The highest BCUT2D eigenvalue weighted by Gasteiger charge is 2.37. The SMILES string of the molecule is C[C@@H](C(=O)NC1CCCCC1)S(=O)(=O)c1nnc(N2CCOCC2)n1-c1ccccc1. The van der Waals surface area contributed by atoms with Gasteiger partial charge in [0.05, 0.1) is 18.9 Å². The fraction of sp³-hybridized carbons (Fsp3) is 0.571. The first kappa shape index (κ1) is 21.8. The Hall–Kier alpha value is -2.46. The second kappa shape index (κ2) is 9.35. The lowest BCUT2D eigenvalue weighted by molar-refractivity contribution is -0.121. The maximum absolute atomic E-state index is 13.5. The summed E-state index contributed by atoms with van der Waals surface area (Å²) in [5.41, 5.74) is 0.632. The average molecular weight is 448 g/mol. The number of aromatic nitrogens is 3. The zero-order chi connectivity index (χ0) is 21.8. The number of sulfone groups is 1. The van der Waals surface area contributed by atoms with E-state index < -0.39 is 21.0 Å². The zero-order valence-electron chi connectivity index (χ0n) is 17.7. The molecule has 9 nitrogen and oxygen atoms in total. The molecule has 1 saturated heterocycles. The maximum Gasteiger partial charge on any atom is 0.256 e. The number of nitrogens with one attached hydrogen (secondary N) is 1. The van der Waals surface area contributed by atoms with E-state index in [0.717, 1.165) is 32.1 Å². The zero-order valence-corrected chi connectivity index (χ0v) is 18.6. The second-order valence-corrected chi connectivity index (χ2v) is 10.2. The van der Waals surface area contributed by atoms with Gasteiger partial charge in [0, 0.05) is 19.1 Å². The van der Waals surface area contributed by atoms with Crippen molar-refractivity contribution < 1.29 is 17.9 Å². The van der Waals surface area contributed by atoms with Crippen molar-refractivity contribution >= 4 is 21.7 Å². The van der Waals surface area contributed by atoms with Gasteiger partial charge in [0.1, 0.15) is 5.25 Å². The number of para-hydroxylation sites is 1. The Labute approximate surface area is 182 Å². The van der Waals surface area contributed by atoms with E-state index in [4.69, 9.17) is 4.74 Å². The number of hydrogen-bond acceptors (Lipinski definition) is 7. The highest BCUT2D eigenvalue weighted by molar-refractivity contribution is 7.92. The van der Waals surface area contributed by atoms with Gasteiger partial charge in [0.15, 0.2) is 0 Å². The summed E-state index contributed by atoms with van der Waals surface area (Å²) < 4.78 is 33.9. The molecule has 1 N–H and O–H groups in total. The second-order valence-electron chi connectivity index (χ2n) is 8.08. The Morgan fingerprint density at radius 1 is 1.10 bits per heavy atom. The van der Waals surface area contributed by atoms with Crippen LogP contribution in [0.2, 0.25) is 0 Å². The Balaban J connectivity index is 1.67.